The average molecular weight is 386 g/mol. The monoisotopic (exact) mass is 385 g/mol. The van der Waals surface area contributed by atoms with Gasteiger partial charge in [-0.25, -0.2) is 4.98 Å². The Balaban J connectivity index is 1.39. The van der Waals surface area contributed by atoms with E-state index >= 15 is 0 Å². The van der Waals surface area contributed by atoms with E-state index in [0.29, 0.717) is 11.6 Å². The van der Waals surface area contributed by atoms with E-state index in [4.69, 9.17) is 16.6 Å². The third-order valence-corrected chi connectivity index (χ3v) is 6.07. The van der Waals surface area contributed by atoms with Gasteiger partial charge in [-0.2, -0.15) is 0 Å². The summed E-state index contributed by atoms with van der Waals surface area (Å²) in [6.45, 7) is 2.22. The van der Waals surface area contributed by atoms with E-state index in [1.807, 2.05) is 42.5 Å². The summed E-state index contributed by atoms with van der Waals surface area (Å²) in [5.74, 6) is 0.119. The first kappa shape index (κ1) is 17.3. The number of hydrogen-bond acceptors (Lipinski definition) is 4. The summed E-state index contributed by atoms with van der Waals surface area (Å²) in [6, 6.07) is 15.7. The van der Waals surface area contributed by atoms with Gasteiger partial charge in [0.1, 0.15) is 0 Å². The first-order valence-electron chi connectivity index (χ1n) is 8.82. The molecule has 6 heteroatoms. The Morgan fingerprint density at radius 3 is 2.85 bits per heavy atom. The van der Waals surface area contributed by atoms with Crippen molar-refractivity contribution in [1.29, 1.82) is 0 Å². The van der Waals surface area contributed by atoms with E-state index < -0.39 is 0 Å². The van der Waals surface area contributed by atoms with Crippen LogP contribution in [-0.2, 0) is 11.3 Å². The first-order valence-corrected chi connectivity index (χ1v) is 10.0. The van der Waals surface area contributed by atoms with E-state index in [1.54, 1.807) is 11.3 Å². The minimum Gasteiger partial charge on any atom is -0.352 e. The number of carbonyl (C=O) groups excluding carboxylic acids is 1. The van der Waals surface area contributed by atoms with Crippen LogP contribution >= 0.6 is 22.9 Å². The van der Waals surface area contributed by atoms with Crippen molar-refractivity contribution in [1.82, 2.24) is 10.3 Å². The normalized spacial score (nSPS) is 17.4. The highest BCUT2D eigenvalue weighted by Crippen LogP contribution is 2.31. The van der Waals surface area contributed by atoms with E-state index in [0.717, 1.165) is 42.1 Å². The number of hydrogen-bond donors (Lipinski definition) is 1. The summed E-state index contributed by atoms with van der Waals surface area (Å²) in [4.78, 5) is 19.6. The van der Waals surface area contributed by atoms with Gasteiger partial charge in [0, 0.05) is 24.7 Å². The number of aromatic nitrogens is 1. The van der Waals surface area contributed by atoms with Crippen LogP contribution in [0.4, 0.5) is 5.13 Å². The fourth-order valence-corrected chi connectivity index (χ4v) is 4.42. The number of fused-ring (bicyclic) bond motifs is 1. The molecule has 4 nitrogen and oxygen atoms in total. The largest absolute Gasteiger partial charge is 0.352 e. The number of benzene rings is 2. The van der Waals surface area contributed by atoms with Crippen molar-refractivity contribution >= 4 is 44.2 Å². The predicted octanol–water partition coefficient (Wildman–Crippen LogP) is 4.48. The molecule has 26 heavy (non-hydrogen) atoms. The number of para-hydroxylation sites is 1. The molecule has 3 aromatic rings. The van der Waals surface area contributed by atoms with Crippen LogP contribution < -0.4 is 10.2 Å². The van der Waals surface area contributed by atoms with Crippen molar-refractivity contribution in [2.45, 2.75) is 19.4 Å². The maximum Gasteiger partial charge on any atom is 0.225 e. The van der Waals surface area contributed by atoms with Crippen molar-refractivity contribution in [2.75, 3.05) is 18.0 Å². The fourth-order valence-electron chi connectivity index (χ4n) is 3.30. The van der Waals surface area contributed by atoms with Gasteiger partial charge < -0.3 is 10.2 Å². The van der Waals surface area contributed by atoms with Gasteiger partial charge >= 0.3 is 0 Å². The molecule has 2 heterocycles. The average Bonchev–Trinajstić information content (AvgIpc) is 3.12. The number of nitrogens with one attached hydrogen (secondary N) is 1. The molecule has 1 N–H and O–H groups in total. The zero-order valence-electron chi connectivity index (χ0n) is 14.3. The van der Waals surface area contributed by atoms with E-state index in [-0.39, 0.29) is 11.8 Å². The molecule has 0 saturated carbocycles. The standard InChI is InChI=1S/C20H20ClN3OS/c21-16-9-7-14(8-10-16)12-22-19(25)15-4-3-11-24(13-15)20-23-17-5-1-2-6-18(17)26-20/h1-2,5-10,15H,3-4,11-13H2,(H,22,25). The van der Waals surface area contributed by atoms with Crippen molar-refractivity contribution in [3.8, 4) is 0 Å². The van der Waals surface area contributed by atoms with Crippen molar-refractivity contribution < 1.29 is 4.79 Å². The highest BCUT2D eigenvalue weighted by Gasteiger charge is 2.27. The molecule has 0 radical (unpaired) electrons. The Morgan fingerprint density at radius 2 is 2.04 bits per heavy atom. The third-order valence-electron chi connectivity index (χ3n) is 4.73. The molecular weight excluding hydrogens is 366 g/mol. The number of halogens is 1. The fraction of sp³-hybridized carbons (Fsp3) is 0.300. The van der Waals surface area contributed by atoms with Gasteiger partial charge in [0.05, 0.1) is 16.1 Å². The summed E-state index contributed by atoms with van der Waals surface area (Å²) in [6.07, 6.45) is 1.93. The molecule has 1 unspecified atom stereocenters. The minimum atomic E-state index is 0.00284. The lowest BCUT2D eigenvalue weighted by molar-refractivity contribution is -0.125. The quantitative estimate of drug-likeness (QED) is 0.720. The lowest BCUT2D eigenvalue weighted by Crippen LogP contribution is -2.42. The maximum absolute atomic E-state index is 12.6. The van der Waals surface area contributed by atoms with Gasteiger partial charge in [0.25, 0.3) is 0 Å². The summed E-state index contributed by atoms with van der Waals surface area (Å²) < 4.78 is 1.19. The minimum absolute atomic E-state index is 0.00284. The number of amides is 1. The number of carbonyl (C=O) groups is 1. The molecule has 134 valence electrons. The lowest BCUT2D eigenvalue weighted by Gasteiger charge is -2.31. The number of anilines is 1. The summed E-state index contributed by atoms with van der Waals surface area (Å²) in [5, 5.41) is 4.78. The molecule has 1 fully saturated rings. The van der Waals surface area contributed by atoms with Crippen LogP contribution in [-0.4, -0.2) is 24.0 Å². The summed E-state index contributed by atoms with van der Waals surface area (Å²) in [7, 11) is 0. The van der Waals surface area contributed by atoms with Crippen LogP contribution in [0.15, 0.2) is 48.5 Å². The van der Waals surface area contributed by atoms with Crippen LogP contribution in [0.3, 0.4) is 0 Å². The SMILES string of the molecule is O=C(NCc1ccc(Cl)cc1)C1CCCN(c2nc3ccccc3s2)C1. The second-order valence-electron chi connectivity index (χ2n) is 6.59. The highest BCUT2D eigenvalue weighted by atomic mass is 35.5. The van der Waals surface area contributed by atoms with Crippen molar-refractivity contribution in [3.05, 3.63) is 59.1 Å². The highest BCUT2D eigenvalue weighted by molar-refractivity contribution is 7.22. The smallest absolute Gasteiger partial charge is 0.225 e. The molecule has 0 spiro atoms. The number of thiazole rings is 1. The number of rotatable bonds is 4. The van der Waals surface area contributed by atoms with Gasteiger partial charge in [0.15, 0.2) is 5.13 Å². The van der Waals surface area contributed by atoms with E-state index in [2.05, 4.69) is 16.3 Å². The van der Waals surface area contributed by atoms with Crippen molar-refractivity contribution in [2.24, 2.45) is 5.92 Å². The second-order valence-corrected chi connectivity index (χ2v) is 8.04. The molecule has 2 aromatic carbocycles. The van der Waals surface area contributed by atoms with Crippen LogP contribution in [0.2, 0.25) is 5.02 Å². The molecule has 1 aromatic heterocycles. The topological polar surface area (TPSA) is 45.2 Å². The zero-order chi connectivity index (χ0) is 17.9. The predicted molar refractivity (Wildman–Crippen MR) is 108 cm³/mol. The van der Waals surface area contributed by atoms with Gasteiger partial charge in [0.2, 0.25) is 5.91 Å². The number of piperidine rings is 1. The molecule has 1 saturated heterocycles. The summed E-state index contributed by atoms with van der Waals surface area (Å²) in [5.41, 5.74) is 2.09. The summed E-state index contributed by atoms with van der Waals surface area (Å²) >= 11 is 7.60. The van der Waals surface area contributed by atoms with Gasteiger partial charge in [-0.3, -0.25) is 4.79 Å². The van der Waals surface area contributed by atoms with Gasteiger partial charge in [-0.05, 0) is 42.7 Å². The third kappa shape index (κ3) is 3.84. The molecule has 1 atom stereocenters. The molecule has 1 amide bonds. The molecular formula is C20H20ClN3OS. The Hall–Kier alpha value is -2.11. The second kappa shape index (κ2) is 7.64. The molecule has 4 rings (SSSR count). The lowest BCUT2D eigenvalue weighted by atomic mass is 9.97. The molecule has 1 aliphatic rings. The zero-order valence-corrected chi connectivity index (χ0v) is 15.9. The van der Waals surface area contributed by atoms with Gasteiger partial charge in [-0.1, -0.05) is 47.2 Å². The van der Waals surface area contributed by atoms with Gasteiger partial charge in [-0.15, -0.1) is 0 Å². The Labute approximate surface area is 161 Å². The van der Waals surface area contributed by atoms with Crippen LogP contribution in [0.1, 0.15) is 18.4 Å². The molecule has 0 aliphatic carbocycles. The van der Waals surface area contributed by atoms with Crippen LogP contribution in [0.25, 0.3) is 10.2 Å². The molecule has 1 aliphatic heterocycles. The number of nitrogens with zero attached hydrogens (tertiary/aromatic N) is 2. The van der Waals surface area contributed by atoms with Crippen LogP contribution in [0, 0.1) is 5.92 Å². The Morgan fingerprint density at radius 1 is 1.23 bits per heavy atom. The Kier molecular flexibility index (Phi) is 5.09. The maximum atomic E-state index is 12.6. The first-order chi connectivity index (χ1) is 12.7. The van der Waals surface area contributed by atoms with E-state index in [9.17, 15) is 4.79 Å². The Bertz CT molecular complexity index is 876. The van der Waals surface area contributed by atoms with Crippen molar-refractivity contribution in [3.63, 3.8) is 0 Å². The van der Waals surface area contributed by atoms with Crippen LogP contribution in [0.5, 0.6) is 0 Å². The van der Waals surface area contributed by atoms with E-state index in [1.165, 1.54) is 4.70 Å². The molecule has 0 bridgehead atoms.